The predicted molar refractivity (Wildman–Crippen MR) is 44.7 cm³/mol. The third-order valence-electron chi connectivity index (χ3n) is 2.10. The van der Waals surface area contributed by atoms with Crippen LogP contribution in [-0.4, -0.2) is 6.04 Å². The molecular weight excluding hydrogens is 136 g/mol. The summed E-state index contributed by atoms with van der Waals surface area (Å²) in [6, 6.07) is 2.48. The van der Waals surface area contributed by atoms with Crippen LogP contribution in [0.5, 0.6) is 0 Å². The Hall–Kier alpha value is -0.810. The average Bonchev–Trinajstić information content (AvgIpc) is 1.98. The summed E-state index contributed by atoms with van der Waals surface area (Å²) in [5, 5.41) is 8.68. The quantitative estimate of drug-likeness (QED) is 0.533. The minimum absolute atomic E-state index is 0.172. The molecule has 0 heterocycles. The Labute approximate surface area is 67.7 Å². The van der Waals surface area contributed by atoms with Crippen molar-refractivity contribution in [2.45, 2.75) is 31.7 Å². The fourth-order valence-electron chi connectivity index (χ4n) is 1.33. The van der Waals surface area contributed by atoms with E-state index in [9.17, 15) is 0 Å². The van der Waals surface area contributed by atoms with Crippen molar-refractivity contribution in [1.82, 2.24) is 0 Å². The Bertz CT molecular complexity index is 178. The van der Waals surface area contributed by atoms with E-state index < -0.39 is 0 Å². The number of nitrogens with two attached hydrogens (primary N) is 1. The molecule has 1 aliphatic rings. The van der Waals surface area contributed by atoms with Gasteiger partial charge in [0, 0.05) is 12.0 Å². The minimum Gasteiger partial charge on any atom is -0.324 e. The van der Waals surface area contributed by atoms with Crippen LogP contribution in [0.15, 0.2) is 12.2 Å². The lowest BCUT2D eigenvalue weighted by Crippen LogP contribution is -2.19. The van der Waals surface area contributed by atoms with E-state index in [1.165, 1.54) is 0 Å². The number of hydrogen-bond acceptors (Lipinski definition) is 2. The molecule has 0 bridgehead atoms. The summed E-state index contributed by atoms with van der Waals surface area (Å²) in [5.74, 6) is 0.228. The topological polar surface area (TPSA) is 49.8 Å². The summed E-state index contributed by atoms with van der Waals surface area (Å²) in [5.41, 5.74) is 5.72. The first kappa shape index (κ1) is 8.29. The molecule has 0 saturated carbocycles. The van der Waals surface area contributed by atoms with Gasteiger partial charge in [-0.05, 0) is 25.7 Å². The Kier molecular flexibility index (Phi) is 3.13. The van der Waals surface area contributed by atoms with Crippen LogP contribution >= 0.6 is 0 Å². The second kappa shape index (κ2) is 4.15. The standard InChI is InChI=1S/C9H14N2/c10-7-8-3-1-2-4-9(11)6-5-8/h2,4,8-9H,1,3,5-6,11H2/b4-2-. The van der Waals surface area contributed by atoms with Gasteiger partial charge in [0.25, 0.3) is 0 Å². The Morgan fingerprint density at radius 1 is 1.36 bits per heavy atom. The lowest BCUT2D eigenvalue weighted by atomic mass is 9.94. The van der Waals surface area contributed by atoms with Gasteiger partial charge >= 0.3 is 0 Å². The molecule has 2 nitrogen and oxygen atoms in total. The van der Waals surface area contributed by atoms with Crippen molar-refractivity contribution < 1.29 is 0 Å². The first-order valence-corrected chi connectivity index (χ1v) is 4.15. The Morgan fingerprint density at radius 2 is 2.18 bits per heavy atom. The second-order valence-electron chi connectivity index (χ2n) is 3.07. The molecule has 11 heavy (non-hydrogen) atoms. The normalized spacial score (nSPS) is 34.9. The van der Waals surface area contributed by atoms with E-state index in [0.29, 0.717) is 0 Å². The number of rotatable bonds is 0. The van der Waals surface area contributed by atoms with E-state index in [1.54, 1.807) is 0 Å². The van der Waals surface area contributed by atoms with Crippen LogP contribution in [0.4, 0.5) is 0 Å². The van der Waals surface area contributed by atoms with Gasteiger partial charge in [-0.15, -0.1) is 0 Å². The molecule has 2 unspecified atom stereocenters. The van der Waals surface area contributed by atoms with E-state index in [1.807, 2.05) is 6.08 Å². The number of hydrogen-bond donors (Lipinski definition) is 1. The number of allylic oxidation sites excluding steroid dienone is 1. The van der Waals surface area contributed by atoms with Gasteiger partial charge in [-0.25, -0.2) is 0 Å². The fraction of sp³-hybridized carbons (Fsp3) is 0.667. The van der Waals surface area contributed by atoms with E-state index >= 15 is 0 Å². The zero-order valence-electron chi connectivity index (χ0n) is 6.66. The molecule has 0 aliphatic heterocycles. The highest BCUT2D eigenvalue weighted by molar-refractivity contribution is 4.96. The molecule has 1 rings (SSSR count). The van der Waals surface area contributed by atoms with Crippen molar-refractivity contribution in [2.24, 2.45) is 11.7 Å². The van der Waals surface area contributed by atoms with Gasteiger partial charge in [0.1, 0.15) is 0 Å². The van der Waals surface area contributed by atoms with Crippen molar-refractivity contribution in [2.75, 3.05) is 0 Å². The molecule has 0 fully saturated rings. The van der Waals surface area contributed by atoms with Crippen LogP contribution < -0.4 is 5.73 Å². The maximum Gasteiger partial charge on any atom is 0.0655 e. The van der Waals surface area contributed by atoms with Crippen molar-refractivity contribution in [3.05, 3.63) is 12.2 Å². The maximum atomic E-state index is 8.68. The first-order chi connectivity index (χ1) is 5.33. The lowest BCUT2D eigenvalue weighted by molar-refractivity contribution is 0.507. The van der Waals surface area contributed by atoms with Crippen LogP contribution in [-0.2, 0) is 0 Å². The Morgan fingerprint density at radius 3 is 2.91 bits per heavy atom. The van der Waals surface area contributed by atoms with E-state index in [0.717, 1.165) is 25.7 Å². The molecule has 2 atom stereocenters. The summed E-state index contributed by atoms with van der Waals surface area (Å²) in [6.07, 6.45) is 8.06. The maximum absolute atomic E-state index is 8.68. The summed E-state index contributed by atoms with van der Waals surface area (Å²) in [4.78, 5) is 0. The molecule has 0 spiro atoms. The van der Waals surface area contributed by atoms with Crippen LogP contribution in [0.25, 0.3) is 0 Å². The monoisotopic (exact) mass is 150 g/mol. The molecule has 2 N–H and O–H groups in total. The summed E-state index contributed by atoms with van der Waals surface area (Å²) in [7, 11) is 0. The van der Waals surface area contributed by atoms with Crippen LogP contribution in [0.2, 0.25) is 0 Å². The molecule has 0 amide bonds. The molecule has 0 aromatic rings. The molecule has 0 aromatic heterocycles. The predicted octanol–water partition coefficient (Wildman–Crippen LogP) is 1.58. The molecule has 2 heteroatoms. The van der Waals surface area contributed by atoms with Crippen molar-refractivity contribution in [3.8, 4) is 6.07 Å². The van der Waals surface area contributed by atoms with Gasteiger partial charge in [0.15, 0.2) is 0 Å². The van der Waals surface area contributed by atoms with Gasteiger partial charge in [-0.2, -0.15) is 5.26 Å². The van der Waals surface area contributed by atoms with E-state index in [4.69, 9.17) is 11.0 Å². The van der Waals surface area contributed by atoms with E-state index in [2.05, 4.69) is 12.1 Å². The molecule has 60 valence electrons. The van der Waals surface area contributed by atoms with Crippen molar-refractivity contribution >= 4 is 0 Å². The van der Waals surface area contributed by atoms with Crippen LogP contribution in [0.3, 0.4) is 0 Å². The summed E-state index contributed by atoms with van der Waals surface area (Å²) in [6.45, 7) is 0. The SMILES string of the molecule is N#CC1CC/C=C\C(N)CC1. The van der Waals surface area contributed by atoms with Gasteiger partial charge in [0.2, 0.25) is 0 Å². The average molecular weight is 150 g/mol. The highest BCUT2D eigenvalue weighted by Crippen LogP contribution is 2.16. The molecular formula is C9H14N2. The summed E-state index contributed by atoms with van der Waals surface area (Å²) >= 11 is 0. The van der Waals surface area contributed by atoms with Crippen LogP contribution in [0.1, 0.15) is 25.7 Å². The van der Waals surface area contributed by atoms with Gasteiger partial charge in [-0.3, -0.25) is 0 Å². The molecule has 0 radical (unpaired) electrons. The van der Waals surface area contributed by atoms with Crippen molar-refractivity contribution in [3.63, 3.8) is 0 Å². The Balaban J connectivity index is 2.45. The fourth-order valence-corrected chi connectivity index (χ4v) is 1.33. The second-order valence-corrected chi connectivity index (χ2v) is 3.07. The zero-order valence-corrected chi connectivity index (χ0v) is 6.66. The smallest absolute Gasteiger partial charge is 0.0655 e. The third kappa shape index (κ3) is 2.73. The molecule has 0 aromatic carbocycles. The third-order valence-corrected chi connectivity index (χ3v) is 2.10. The lowest BCUT2D eigenvalue weighted by Gasteiger charge is -2.13. The largest absolute Gasteiger partial charge is 0.324 e. The number of nitrogens with zero attached hydrogens (tertiary/aromatic N) is 1. The minimum atomic E-state index is 0.172. The first-order valence-electron chi connectivity index (χ1n) is 4.15. The van der Waals surface area contributed by atoms with Gasteiger partial charge < -0.3 is 5.73 Å². The molecule has 1 aliphatic carbocycles. The zero-order chi connectivity index (χ0) is 8.10. The van der Waals surface area contributed by atoms with Crippen LogP contribution in [0, 0.1) is 17.2 Å². The highest BCUT2D eigenvalue weighted by Gasteiger charge is 2.10. The van der Waals surface area contributed by atoms with Gasteiger partial charge in [0.05, 0.1) is 6.07 Å². The highest BCUT2D eigenvalue weighted by atomic mass is 14.6. The summed E-state index contributed by atoms with van der Waals surface area (Å²) < 4.78 is 0. The van der Waals surface area contributed by atoms with E-state index in [-0.39, 0.29) is 12.0 Å². The number of nitriles is 1. The molecule has 0 saturated heterocycles. The van der Waals surface area contributed by atoms with Crippen molar-refractivity contribution in [1.29, 1.82) is 5.26 Å². The van der Waals surface area contributed by atoms with Gasteiger partial charge in [-0.1, -0.05) is 12.2 Å².